The van der Waals surface area contributed by atoms with Crippen LogP contribution in [-0.2, 0) is 9.53 Å². The number of nitrogens with zero attached hydrogens (tertiary/aromatic N) is 2. The van der Waals surface area contributed by atoms with Crippen LogP contribution in [0.1, 0.15) is 40.4 Å². The fraction of sp³-hybridized carbons (Fsp3) is 0.364. The van der Waals surface area contributed by atoms with Gasteiger partial charge in [-0.2, -0.15) is 0 Å². The first-order valence-electron chi connectivity index (χ1n) is 9.71. The van der Waals surface area contributed by atoms with Crippen molar-refractivity contribution in [1.82, 2.24) is 9.80 Å². The molecule has 3 aliphatic rings. The van der Waals surface area contributed by atoms with E-state index in [-0.39, 0.29) is 30.5 Å². The third-order valence-electron chi connectivity index (χ3n) is 6.36. The van der Waals surface area contributed by atoms with Gasteiger partial charge in [-0.1, -0.05) is 36.4 Å². The first kappa shape index (κ1) is 18.2. The molecule has 3 saturated heterocycles. The fourth-order valence-corrected chi connectivity index (χ4v) is 4.91. The minimum absolute atomic E-state index is 0.0995. The molecule has 1 spiro atoms. The summed E-state index contributed by atoms with van der Waals surface area (Å²) in [7, 11) is 0. The predicted octanol–water partition coefficient (Wildman–Crippen LogP) is 3.19. The molecule has 7 heteroatoms. The Labute approximate surface area is 166 Å². The average molecular weight is 398 g/mol. The van der Waals surface area contributed by atoms with E-state index >= 15 is 0 Å². The summed E-state index contributed by atoms with van der Waals surface area (Å²) in [6.45, 7) is 2.18. The zero-order chi connectivity index (χ0) is 20.3. The molecule has 2 aromatic rings. The van der Waals surface area contributed by atoms with E-state index in [1.165, 1.54) is 17.9 Å². The van der Waals surface area contributed by atoms with E-state index in [9.17, 15) is 18.4 Å². The number of halogens is 2. The molecule has 3 atom stereocenters. The smallest absolute Gasteiger partial charge is 0.260 e. The number of likely N-dealkylation sites (tertiary alicyclic amines) is 1. The molecule has 3 heterocycles. The van der Waals surface area contributed by atoms with Crippen molar-refractivity contribution in [2.75, 3.05) is 13.1 Å². The zero-order valence-corrected chi connectivity index (χ0v) is 15.9. The number of amides is 2. The van der Waals surface area contributed by atoms with Crippen LogP contribution in [0, 0.1) is 18.6 Å². The summed E-state index contributed by atoms with van der Waals surface area (Å²) < 4.78 is 35.2. The van der Waals surface area contributed by atoms with Crippen molar-refractivity contribution in [3.8, 4) is 0 Å². The van der Waals surface area contributed by atoms with Crippen LogP contribution in [0.25, 0.3) is 0 Å². The highest BCUT2D eigenvalue weighted by atomic mass is 19.1. The third kappa shape index (κ3) is 2.53. The Morgan fingerprint density at radius 3 is 2.69 bits per heavy atom. The summed E-state index contributed by atoms with van der Waals surface area (Å²) in [5, 5.41) is 0. The van der Waals surface area contributed by atoms with Gasteiger partial charge in [0.25, 0.3) is 5.91 Å². The lowest BCUT2D eigenvalue weighted by Gasteiger charge is -2.32. The number of ether oxygens (including phenoxy) is 1. The Hall–Kier alpha value is -2.80. The fourth-order valence-electron chi connectivity index (χ4n) is 4.91. The van der Waals surface area contributed by atoms with E-state index in [0.29, 0.717) is 13.0 Å². The van der Waals surface area contributed by atoms with Crippen molar-refractivity contribution in [1.29, 1.82) is 0 Å². The summed E-state index contributed by atoms with van der Waals surface area (Å²) in [4.78, 5) is 28.9. The van der Waals surface area contributed by atoms with Gasteiger partial charge in [0.15, 0.2) is 5.72 Å². The van der Waals surface area contributed by atoms with E-state index in [0.717, 1.165) is 11.6 Å². The maximum atomic E-state index is 14.5. The summed E-state index contributed by atoms with van der Waals surface area (Å²) in [5.74, 6) is -2.58. The van der Waals surface area contributed by atoms with E-state index in [1.807, 2.05) is 30.3 Å². The number of hydrogen-bond donors (Lipinski definition) is 0. The molecule has 3 fully saturated rings. The highest BCUT2D eigenvalue weighted by Gasteiger charge is 2.65. The Morgan fingerprint density at radius 1 is 1.17 bits per heavy atom. The van der Waals surface area contributed by atoms with Crippen molar-refractivity contribution in [3.63, 3.8) is 0 Å². The van der Waals surface area contributed by atoms with Gasteiger partial charge in [-0.3, -0.25) is 9.59 Å². The number of aryl methyl sites for hydroxylation is 1. The van der Waals surface area contributed by atoms with Gasteiger partial charge in [0.05, 0.1) is 19.0 Å². The van der Waals surface area contributed by atoms with Crippen LogP contribution < -0.4 is 0 Å². The predicted molar refractivity (Wildman–Crippen MR) is 99.9 cm³/mol. The highest BCUT2D eigenvalue weighted by Crippen LogP contribution is 2.51. The Morgan fingerprint density at radius 2 is 1.93 bits per heavy atom. The molecule has 0 aliphatic carbocycles. The average Bonchev–Trinajstić information content (AvgIpc) is 3.34. The van der Waals surface area contributed by atoms with Crippen LogP contribution in [0.3, 0.4) is 0 Å². The number of carbonyl (C=O) groups excluding carboxylic acids is 2. The molecule has 0 N–H and O–H groups in total. The topological polar surface area (TPSA) is 49.9 Å². The molecule has 150 valence electrons. The normalized spacial score (nSPS) is 28.0. The Kier molecular flexibility index (Phi) is 4.00. The van der Waals surface area contributed by atoms with Crippen LogP contribution in [0.5, 0.6) is 0 Å². The van der Waals surface area contributed by atoms with Gasteiger partial charge < -0.3 is 14.5 Å². The van der Waals surface area contributed by atoms with Crippen molar-refractivity contribution in [2.24, 2.45) is 0 Å². The second-order valence-electron chi connectivity index (χ2n) is 7.89. The van der Waals surface area contributed by atoms with Gasteiger partial charge in [0.2, 0.25) is 5.91 Å². The zero-order valence-electron chi connectivity index (χ0n) is 15.9. The minimum Gasteiger partial charge on any atom is -0.343 e. The molecule has 0 aromatic heterocycles. The van der Waals surface area contributed by atoms with Crippen molar-refractivity contribution in [3.05, 3.63) is 70.8 Å². The third-order valence-corrected chi connectivity index (χ3v) is 6.36. The Bertz CT molecular complexity index is 1010. The number of rotatable bonds is 2. The Balaban J connectivity index is 1.48. The van der Waals surface area contributed by atoms with Crippen molar-refractivity contribution >= 4 is 11.8 Å². The molecule has 5 rings (SSSR count). The van der Waals surface area contributed by atoms with Crippen molar-refractivity contribution in [2.45, 2.75) is 37.6 Å². The number of carbonyl (C=O) groups is 2. The second-order valence-corrected chi connectivity index (χ2v) is 7.89. The number of benzene rings is 2. The molecular weight excluding hydrogens is 378 g/mol. The molecule has 2 aromatic carbocycles. The van der Waals surface area contributed by atoms with Crippen LogP contribution in [0.15, 0.2) is 42.5 Å². The van der Waals surface area contributed by atoms with Crippen molar-refractivity contribution < 1.29 is 23.1 Å². The molecule has 3 aliphatic heterocycles. The van der Waals surface area contributed by atoms with Crippen LogP contribution in [0.2, 0.25) is 0 Å². The molecule has 0 bridgehead atoms. The van der Waals surface area contributed by atoms with E-state index < -0.39 is 34.9 Å². The second kappa shape index (κ2) is 6.35. The van der Waals surface area contributed by atoms with Gasteiger partial charge >= 0.3 is 0 Å². The molecular formula is C22H20F2N2O3. The van der Waals surface area contributed by atoms with Gasteiger partial charge in [-0.05, 0) is 24.1 Å². The molecule has 0 saturated carbocycles. The quantitative estimate of drug-likeness (QED) is 0.781. The monoisotopic (exact) mass is 398 g/mol. The van der Waals surface area contributed by atoms with E-state index in [2.05, 4.69) is 0 Å². The first-order chi connectivity index (χ1) is 13.9. The highest BCUT2D eigenvalue weighted by molar-refractivity contribution is 5.96. The van der Waals surface area contributed by atoms with Crippen LogP contribution >= 0.6 is 0 Å². The number of hydrogen-bond acceptors (Lipinski definition) is 3. The maximum Gasteiger partial charge on any atom is 0.260 e. The molecule has 0 radical (unpaired) electrons. The van der Waals surface area contributed by atoms with Gasteiger partial charge in [-0.25, -0.2) is 8.78 Å². The molecule has 5 nitrogen and oxygen atoms in total. The molecule has 0 unspecified atom stereocenters. The maximum absolute atomic E-state index is 14.5. The summed E-state index contributed by atoms with van der Waals surface area (Å²) in [6, 6.07) is 11.5. The summed E-state index contributed by atoms with van der Waals surface area (Å²) >= 11 is 0. The summed E-state index contributed by atoms with van der Waals surface area (Å²) in [5.41, 5.74) is -0.327. The largest absolute Gasteiger partial charge is 0.343 e. The molecule has 29 heavy (non-hydrogen) atoms. The van der Waals surface area contributed by atoms with E-state index in [4.69, 9.17) is 4.74 Å². The SMILES string of the molecule is Cc1ccc(F)c(C(=O)N2CC[C@@]34O[C@@H](c5ccccc5)CN3C(=O)C[C@@H]24)c1F. The van der Waals surface area contributed by atoms with Crippen LogP contribution in [0.4, 0.5) is 8.78 Å². The van der Waals surface area contributed by atoms with E-state index in [1.54, 1.807) is 4.90 Å². The first-order valence-corrected chi connectivity index (χ1v) is 9.71. The lowest BCUT2D eigenvalue weighted by atomic mass is 10.0. The lowest BCUT2D eigenvalue weighted by molar-refractivity contribution is -0.138. The molecule has 2 amide bonds. The standard InChI is InChI=1S/C22H20F2N2O3/c1-13-7-8-15(23)19(20(13)24)21(28)25-10-9-22-17(25)11-18(27)26(22)12-16(29-22)14-5-3-2-4-6-14/h2-8,16-17H,9-12H2,1H3/t16-,17-,22+/m1/s1. The lowest BCUT2D eigenvalue weighted by Crippen LogP contribution is -2.49. The summed E-state index contributed by atoms with van der Waals surface area (Å²) in [6.07, 6.45) is 0.237. The van der Waals surface area contributed by atoms with Gasteiger partial charge in [-0.15, -0.1) is 0 Å². The van der Waals surface area contributed by atoms with Crippen LogP contribution in [-0.4, -0.2) is 46.5 Å². The van der Waals surface area contributed by atoms with Gasteiger partial charge in [0.1, 0.15) is 23.3 Å². The van der Waals surface area contributed by atoms with Gasteiger partial charge in [0, 0.05) is 13.0 Å². The minimum atomic E-state index is -0.927.